The Labute approximate surface area is 152 Å². The fourth-order valence-corrected chi connectivity index (χ4v) is 2.96. The Hall–Kier alpha value is -2.77. The molecule has 0 bridgehead atoms. The Balaban J connectivity index is 1.56. The summed E-state index contributed by atoms with van der Waals surface area (Å²) in [4.78, 5) is 39.1. The van der Waals surface area contributed by atoms with Crippen LogP contribution in [0.5, 0.6) is 11.5 Å². The predicted octanol–water partition coefficient (Wildman–Crippen LogP) is 0.861. The van der Waals surface area contributed by atoms with Crippen molar-refractivity contribution in [1.29, 1.82) is 0 Å². The third kappa shape index (κ3) is 3.58. The minimum absolute atomic E-state index is 0.0304. The molecule has 0 radical (unpaired) electrons. The number of amides is 4. The van der Waals surface area contributed by atoms with Gasteiger partial charge in [0.25, 0.3) is 5.91 Å². The first-order valence-corrected chi connectivity index (χ1v) is 8.61. The third-order valence-corrected chi connectivity index (χ3v) is 4.49. The molecule has 0 saturated carbocycles. The fraction of sp³-hybridized carbons (Fsp3) is 0.500. The topological polar surface area (TPSA) is 88.2 Å². The number of rotatable bonds is 5. The van der Waals surface area contributed by atoms with E-state index in [1.807, 2.05) is 38.1 Å². The van der Waals surface area contributed by atoms with Gasteiger partial charge in [0.1, 0.15) is 19.2 Å². The zero-order valence-electron chi connectivity index (χ0n) is 15.1. The van der Waals surface area contributed by atoms with Crippen molar-refractivity contribution < 1.29 is 23.9 Å². The number of nitrogens with zero attached hydrogens (tertiary/aromatic N) is 2. The van der Waals surface area contributed by atoms with Gasteiger partial charge in [-0.3, -0.25) is 14.5 Å². The molecule has 2 aliphatic rings. The monoisotopic (exact) mass is 361 g/mol. The summed E-state index contributed by atoms with van der Waals surface area (Å²) < 4.78 is 11.5. The average Bonchev–Trinajstić information content (AvgIpc) is 2.90. The van der Waals surface area contributed by atoms with Crippen molar-refractivity contribution in [1.82, 2.24) is 15.1 Å². The van der Waals surface area contributed by atoms with Crippen molar-refractivity contribution in [3.63, 3.8) is 0 Å². The Morgan fingerprint density at radius 2 is 2.00 bits per heavy atom. The van der Waals surface area contributed by atoms with E-state index >= 15 is 0 Å². The molecule has 8 heteroatoms. The van der Waals surface area contributed by atoms with Crippen molar-refractivity contribution in [2.75, 3.05) is 26.7 Å². The van der Waals surface area contributed by atoms with Crippen LogP contribution >= 0.6 is 0 Å². The highest BCUT2D eigenvalue weighted by atomic mass is 16.6. The second kappa shape index (κ2) is 7.23. The van der Waals surface area contributed by atoms with Crippen LogP contribution in [0.25, 0.3) is 0 Å². The molecule has 0 spiro atoms. The highest BCUT2D eigenvalue weighted by Crippen LogP contribution is 2.30. The van der Waals surface area contributed by atoms with Crippen LogP contribution in [0.3, 0.4) is 0 Å². The molecule has 1 fully saturated rings. The molecule has 1 N–H and O–H groups in total. The number of carbonyl (C=O) groups excluding carboxylic acids is 3. The summed E-state index contributed by atoms with van der Waals surface area (Å²) in [5.74, 6) is 0.589. The van der Waals surface area contributed by atoms with Gasteiger partial charge >= 0.3 is 6.03 Å². The molecule has 2 aliphatic heterocycles. The summed E-state index contributed by atoms with van der Waals surface area (Å²) >= 11 is 0. The molecule has 1 saturated heterocycles. The van der Waals surface area contributed by atoms with Crippen molar-refractivity contribution >= 4 is 17.8 Å². The first-order chi connectivity index (χ1) is 12.4. The van der Waals surface area contributed by atoms with E-state index < -0.39 is 12.1 Å². The third-order valence-electron chi connectivity index (χ3n) is 4.49. The number of imide groups is 1. The quantitative estimate of drug-likeness (QED) is 0.786. The number of nitrogens with one attached hydrogen (secondary N) is 1. The number of para-hydroxylation sites is 2. The first kappa shape index (κ1) is 18.0. The van der Waals surface area contributed by atoms with Gasteiger partial charge in [-0.15, -0.1) is 0 Å². The minimum Gasteiger partial charge on any atom is -0.486 e. The standard InChI is InChI=1S/C18H23N3O5/c1-11(2)16-17(23)21(18(24)19-16)9-15(22)20(3)8-12-10-25-13-6-4-5-7-14(13)26-12/h4-7,11-12,16H,8-10H2,1-3H3,(H,19,24)/t12-,16+/m0/s1. The molecule has 3 rings (SSSR count). The van der Waals surface area contributed by atoms with Crippen molar-refractivity contribution in [3.05, 3.63) is 24.3 Å². The molecule has 2 atom stereocenters. The van der Waals surface area contributed by atoms with Crippen LogP contribution < -0.4 is 14.8 Å². The second-order valence-electron chi connectivity index (χ2n) is 6.87. The van der Waals surface area contributed by atoms with E-state index in [9.17, 15) is 14.4 Å². The van der Waals surface area contributed by atoms with Gasteiger partial charge in [0.05, 0.1) is 6.54 Å². The van der Waals surface area contributed by atoms with E-state index in [4.69, 9.17) is 9.47 Å². The zero-order chi connectivity index (χ0) is 18.8. The van der Waals surface area contributed by atoms with Gasteiger partial charge in [0.15, 0.2) is 17.6 Å². The van der Waals surface area contributed by atoms with Crippen LogP contribution in [0.15, 0.2) is 24.3 Å². The van der Waals surface area contributed by atoms with Crippen LogP contribution in [-0.4, -0.2) is 66.5 Å². The number of carbonyl (C=O) groups is 3. The molecule has 8 nitrogen and oxygen atoms in total. The van der Waals surface area contributed by atoms with E-state index in [0.29, 0.717) is 24.7 Å². The van der Waals surface area contributed by atoms with Crippen molar-refractivity contribution in [2.45, 2.75) is 26.0 Å². The molecule has 1 aromatic carbocycles. The van der Waals surface area contributed by atoms with Gasteiger partial charge in [-0.2, -0.15) is 0 Å². The lowest BCUT2D eigenvalue weighted by Crippen LogP contribution is -2.46. The van der Waals surface area contributed by atoms with E-state index in [1.54, 1.807) is 7.05 Å². The minimum atomic E-state index is -0.577. The summed E-state index contributed by atoms with van der Waals surface area (Å²) in [6, 6.07) is 6.24. The Morgan fingerprint density at radius 3 is 2.65 bits per heavy atom. The molecule has 0 unspecified atom stereocenters. The molecule has 140 valence electrons. The largest absolute Gasteiger partial charge is 0.486 e. The maximum absolute atomic E-state index is 12.4. The number of urea groups is 1. The molecule has 0 aliphatic carbocycles. The smallest absolute Gasteiger partial charge is 0.325 e. The fourth-order valence-electron chi connectivity index (χ4n) is 2.96. The van der Waals surface area contributed by atoms with Gasteiger partial charge in [0.2, 0.25) is 5.91 Å². The van der Waals surface area contributed by atoms with Crippen molar-refractivity contribution in [3.8, 4) is 11.5 Å². The molecule has 26 heavy (non-hydrogen) atoms. The summed E-state index contributed by atoms with van der Waals surface area (Å²) in [6.07, 6.45) is -0.314. The summed E-state index contributed by atoms with van der Waals surface area (Å²) in [5.41, 5.74) is 0. The predicted molar refractivity (Wildman–Crippen MR) is 92.9 cm³/mol. The van der Waals surface area contributed by atoms with Crippen LogP contribution in [0.4, 0.5) is 4.79 Å². The van der Waals surface area contributed by atoms with Crippen molar-refractivity contribution in [2.24, 2.45) is 5.92 Å². The number of benzene rings is 1. The highest BCUT2D eigenvalue weighted by molar-refractivity contribution is 6.06. The number of fused-ring (bicyclic) bond motifs is 1. The number of ether oxygens (including phenoxy) is 2. The average molecular weight is 361 g/mol. The Kier molecular flexibility index (Phi) is 5.01. The van der Waals surface area contributed by atoms with Gasteiger partial charge in [-0.25, -0.2) is 4.79 Å². The highest BCUT2D eigenvalue weighted by Gasteiger charge is 2.40. The number of hydrogen-bond acceptors (Lipinski definition) is 5. The normalized spacial score (nSPS) is 21.8. The Morgan fingerprint density at radius 1 is 1.31 bits per heavy atom. The van der Waals surface area contributed by atoms with Gasteiger partial charge in [-0.05, 0) is 18.1 Å². The van der Waals surface area contributed by atoms with Crippen LogP contribution in [-0.2, 0) is 9.59 Å². The molecular formula is C18H23N3O5. The SMILES string of the molecule is CC(C)[C@H]1NC(=O)N(CC(=O)N(C)C[C@H]2COc3ccccc3O2)C1=O. The summed E-state index contributed by atoms with van der Waals surface area (Å²) in [7, 11) is 1.62. The molecule has 4 amide bonds. The number of hydrogen-bond donors (Lipinski definition) is 1. The zero-order valence-corrected chi connectivity index (χ0v) is 15.1. The summed E-state index contributed by atoms with van der Waals surface area (Å²) in [6.45, 7) is 4.03. The van der Waals surface area contributed by atoms with E-state index in [2.05, 4.69) is 5.32 Å². The maximum atomic E-state index is 12.4. The first-order valence-electron chi connectivity index (χ1n) is 8.61. The molecule has 1 aromatic rings. The van der Waals surface area contributed by atoms with Crippen LogP contribution in [0.1, 0.15) is 13.8 Å². The lowest BCUT2D eigenvalue weighted by molar-refractivity contribution is -0.137. The van der Waals surface area contributed by atoms with Crippen LogP contribution in [0.2, 0.25) is 0 Å². The van der Waals surface area contributed by atoms with Gasteiger partial charge in [0, 0.05) is 7.05 Å². The van der Waals surface area contributed by atoms with Gasteiger partial charge < -0.3 is 19.7 Å². The van der Waals surface area contributed by atoms with E-state index in [-0.39, 0.29) is 30.4 Å². The van der Waals surface area contributed by atoms with E-state index in [0.717, 1.165) is 4.90 Å². The number of likely N-dealkylation sites (N-methyl/N-ethyl adjacent to an activating group) is 1. The lowest BCUT2D eigenvalue weighted by atomic mass is 10.1. The van der Waals surface area contributed by atoms with Crippen LogP contribution in [0, 0.1) is 5.92 Å². The molecular weight excluding hydrogens is 338 g/mol. The Bertz CT molecular complexity index is 721. The lowest BCUT2D eigenvalue weighted by Gasteiger charge is -2.30. The molecule has 2 heterocycles. The molecule has 0 aromatic heterocycles. The second-order valence-corrected chi connectivity index (χ2v) is 6.87. The maximum Gasteiger partial charge on any atom is 0.325 e. The summed E-state index contributed by atoms with van der Waals surface area (Å²) in [5, 5.41) is 2.61. The van der Waals surface area contributed by atoms with Gasteiger partial charge in [-0.1, -0.05) is 26.0 Å². The van der Waals surface area contributed by atoms with E-state index in [1.165, 1.54) is 4.90 Å².